The Kier molecular flexibility index (Phi) is 4.46. The summed E-state index contributed by atoms with van der Waals surface area (Å²) in [5.74, 6) is 1.75. The summed E-state index contributed by atoms with van der Waals surface area (Å²) in [5, 5.41) is 3.47. The Hall–Kier alpha value is -0.540. The standard InChI is InChI=1S/C14H20BrNO/c1-10-5-6-12(14(17-2)13(10)15)8-11-4-3-7-16-9-11/h5-6,11,16H,3-4,7-9H2,1-2H3. The molecule has 1 atom stereocenters. The molecule has 1 fully saturated rings. The molecule has 3 heteroatoms. The van der Waals surface area contributed by atoms with Crippen LogP contribution in [0.4, 0.5) is 0 Å². The lowest BCUT2D eigenvalue weighted by molar-refractivity contribution is 0.363. The Morgan fingerprint density at radius 1 is 1.47 bits per heavy atom. The summed E-state index contributed by atoms with van der Waals surface area (Å²) in [6.07, 6.45) is 3.72. The summed E-state index contributed by atoms with van der Waals surface area (Å²) in [7, 11) is 1.75. The number of hydrogen-bond acceptors (Lipinski definition) is 2. The number of ether oxygens (including phenoxy) is 1. The Morgan fingerprint density at radius 3 is 2.94 bits per heavy atom. The molecule has 1 aromatic rings. The number of methoxy groups -OCH3 is 1. The quantitative estimate of drug-likeness (QED) is 0.924. The fourth-order valence-electron chi connectivity index (χ4n) is 2.49. The molecule has 0 bridgehead atoms. The Balaban J connectivity index is 2.17. The van der Waals surface area contributed by atoms with Gasteiger partial charge >= 0.3 is 0 Å². The number of hydrogen-bond donors (Lipinski definition) is 1. The maximum atomic E-state index is 5.53. The molecule has 0 aliphatic carbocycles. The van der Waals surface area contributed by atoms with Crippen LogP contribution < -0.4 is 10.1 Å². The van der Waals surface area contributed by atoms with Crippen LogP contribution in [0.1, 0.15) is 24.0 Å². The van der Waals surface area contributed by atoms with Crippen molar-refractivity contribution in [3.05, 3.63) is 27.7 Å². The van der Waals surface area contributed by atoms with E-state index in [1.54, 1.807) is 7.11 Å². The lowest BCUT2D eigenvalue weighted by Gasteiger charge is -2.24. The van der Waals surface area contributed by atoms with E-state index in [9.17, 15) is 0 Å². The fourth-order valence-corrected chi connectivity index (χ4v) is 3.03. The number of benzene rings is 1. The van der Waals surface area contributed by atoms with Gasteiger partial charge in [0.15, 0.2) is 0 Å². The van der Waals surface area contributed by atoms with Crippen molar-refractivity contribution in [2.45, 2.75) is 26.2 Å². The molecule has 94 valence electrons. The Morgan fingerprint density at radius 2 is 2.29 bits per heavy atom. The third-order valence-electron chi connectivity index (χ3n) is 3.48. The summed E-state index contributed by atoms with van der Waals surface area (Å²) in [5.41, 5.74) is 2.55. The first-order valence-electron chi connectivity index (χ1n) is 6.25. The van der Waals surface area contributed by atoms with Gasteiger partial charge in [0, 0.05) is 0 Å². The zero-order valence-electron chi connectivity index (χ0n) is 10.6. The third-order valence-corrected chi connectivity index (χ3v) is 4.47. The average molecular weight is 298 g/mol. The van der Waals surface area contributed by atoms with Crippen molar-refractivity contribution >= 4 is 15.9 Å². The van der Waals surface area contributed by atoms with E-state index in [1.807, 2.05) is 0 Å². The highest BCUT2D eigenvalue weighted by atomic mass is 79.9. The maximum Gasteiger partial charge on any atom is 0.136 e. The highest BCUT2D eigenvalue weighted by molar-refractivity contribution is 9.10. The van der Waals surface area contributed by atoms with Crippen molar-refractivity contribution in [2.24, 2.45) is 5.92 Å². The Bertz CT molecular complexity index is 386. The molecular weight excluding hydrogens is 278 g/mol. The topological polar surface area (TPSA) is 21.3 Å². The van der Waals surface area contributed by atoms with Crippen molar-refractivity contribution in [1.82, 2.24) is 5.32 Å². The van der Waals surface area contributed by atoms with Crippen LogP contribution in [-0.2, 0) is 6.42 Å². The van der Waals surface area contributed by atoms with Gasteiger partial charge in [0.1, 0.15) is 5.75 Å². The predicted octanol–water partition coefficient (Wildman–Crippen LogP) is 3.31. The fraction of sp³-hybridized carbons (Fsp3) is 0.571. The second kappa shape index (κ2) is 5.87. The highest BCUT2D eigenvalue weighted by Crippen LogP contribution is 2.34. The van der Waals surface area contributed by atoms with Gasteiger partial charge in [-0.2, -0.15) is 0 Å². The highest BCUT2D eigenvalue weighted by Gasteiger charge is 2.17. The van der Waals surface area contributed by atoms with Gasteiger partial charge in [-0.1, -0.05) is 12.1 Å². The van der Waals surface area contributed by atoms with Crippen LogP contribution in [0.5, 0.6) is 5.75 Å². The second-order valence-electron chi connectivity index (χ2n) is 4.81. The van der Waals surface area contributed by atoms with Crippen molar-refractivity contribution in [2.75, 3.05) is 20.2 Å². The summed E-state index contributed by atoms with van der Waals surface area (Å²) < 4.78 is 6.63. The number of halogens is 1. The van der Waals surface area contributed by atoms with E-state index in [4.69, 9.17) is 4.74 Å². The van der Waals surface area contributed by atoms with Crippen molar-refractivity contribution in [3.63, 3.8) is 0 Å². The molecule has 0 amide bonds. The van der Waals surface area contributed by atoms with Crippen LogP contribution in [0.3, 0.4) is 0 Å². The van der Waals surface area contributed by atoms with Gasteiger partial charge in [-0.25, -0.2) is 0 Å². The average Bonchev–Trinajstić information content (AvgIpc) is 2.36. The Labute approximate surface area is 112 Å². The minimum Gasteiger partial charge on any atom is -0.495 e. The van der Waals surface area contributed by atoms with E-state index in [0.717, 1.165) is 29.1 Å². The molecule has 0 saturated carbocycles. The van der Waals surface area contributed by atoms with E-state index >= 15 is 0 Å². The first kappa shape index (κ1) is 12.9. The molecule has 1 unspecified atom stereocenters. The third kappa shape index (κ3) is 3.02. The van der Waals surface area contributed by atoms with E-state index in [-0.39, 0.29) is 0 Å². The number of nitrogens with one attached hydrogen (secondary N) is 1. The number of aryl methyl sites for hydroxylation is 1. The van der Waals surface area contributed by atoms with Gasteiger partial charge < -0.3 is 10.1 Å². The molecule has 1 aromatic carbocycles. The normalized spacial score (nSPS) is 20.3. The molecule has 0 radical (unpaired) electrons. The van der Waals surface area contributed by atoms with Gasteiger partial charge in [0.05, 0.1) is 11.6 Å². The van der Waals surface area contributed by atoms with E-state index in [1.165, 1.54) is 30.5 Å². The van der Waals surface area contributed by atoms with Crippen LogP contribution in [0.25, 0.3) is 0 Å². The molecular formula is C14H20BrNO. The van der Waals surface area contributed by atoms with E-state index in [2.05, 4.69) is 40.3 Å². The van der Waals surface area contributed by atoms with Crippen LogP contribution in [-0.4, -0.2) is 20.2 Å². The SMILES string of the molecule is COc1c(CC2CCCNC2)ccc(C)c1Br. The molecule has 0 spiro atoms. The minimum atomic E-state index is 0.743. The summed E-state index contributed by atoms with van der Waals surface area (Å²) >= 11 is 3.62. The van der Waals surface area contributed by atoms with Crippen molar-refractivity contribution < 1.29 is 4.74 Å². The minimum absolute atomic E-state index is 0.743. The monoisotopic (exact) mass is 297 g/mol. The van der Waals surface area contributed by atoms with Crippen LogP contribution in [0, 0.1) is 12.8 Å². The molecule has 2 rings (SSSR count). The number of rotatable bonds is 3. The molecule has 1 saturated heterocycles. The molecule has 1 heterocycles. The summed E-state index contributed by atoms with van der Waals surface area (Å²) in [4.78, 5) is 0. The molecule has 1 aliphatic rings. The lowest BCUT2D eigenvalue weighted by Crippen LogP contribution is -2.30. The van der Waals surface area contributed by atoms with E-state index < -0.39 is 0 Å². The van der Waals surface area contributed by atoms with Crippen molar-refractivity contribution in [3.8, 4) is 5.75 Å². The lowest BCUT2D eigenvalue weighted by atomic mass is 9.91. The first-order chi connectivity index (χ1) is 8.22. The number of piperidine rings is 1. The molecule has 2 nitrogen and oxygen atoms in total. The largest absolute Gasteiger partial charge is 0.495 e. The zero-order valence-corrected chi connectivity index (χ0v) is 12.1. The molecule has 1 N–H and O–H groups in total. The summed E-state index contributed by atoms with van der Waals surface area (Å²) in [6, 6.07) is 4.37. The zero-order chi connectivity index (χ0) is 12.3. The smallest absolute Gasteiger partial charge is 0.136 e. The van der Waals surface area contributed by atoms with Gasteiger partial charge in [0.25, 0.3) is 0 Å². The maximum absolute atomic E-state index is 5.53. The van der Waals surface area contributed by atoms with Gasteiger partial charge in [-0.3, -0.25) is 0 Å². The molecule has 17 heavy (non-hydrogen) atoms. The van der Waals surface area contributed by atoms with Gasteiger partial charge in [0.2, 0.25) is 0 Å². The van der Waals surface area contributed by atoms with Crippen LogP contribution >= 0.6 is 15.9 Å². The second-order valence-corrected chi connectivity index (χ2v) is 5.60. The molecule has 0 aromatic heterocycles. The van der Waals surface area contributed by atoms with Crippen molar-refractivity contribution in [1.29, 1.82) is 0 Å². The van der Waals surface area contributed by atoms with Crippen LogP contribution in [0.2, 0.25) is 0 Å². The predicted molar refractivity (Wildman–Crippen MR) is 74.7 cm³/mol. The molecule has 1 aliphatic heterocycles. The van der Waals surface area contributed by atoms with Crippen LogP contribution in [0.15, 0.2) is 16.6 Å². The first-order valence-corrected chi connectivity index (χ1v) is 7.04. The van der Waals surface area contributed by atoms with Gasteiger partial charge in [-0.05, 0) is 72.3 Å². The van der Waals surface area contributed by atoms with Gasteiger partial charge in [-0.15, -0.1) is 0 Å². The summed E-state index contributed by atoms with van der Waals surface area (Å²) in [6.45, 7) is 4.40. The van der Waals surface area contributed by atoms with E-state index in [0.29, 0.717) is 0 Å².